The summed E-state index contributed by atoms with van der Waals surface area (Å²) in [6, 6.07) is 7.89. The first-order chi connectivity index (χ1) is 10.7. The summed E-state index contributed by atoms with van der Waals surface area (Å²) in [4.78, 5) is 17.5. The Morgan fingerprint density at radius 3 is 2.91 bits per heavy atom. The number of piperidine rings is 1. The molecule has 3 heterocycles. The number of carbonyl (C=O) groups is 1. The molecule has 5 heteroatoms. The van der Waals surface area contributed by atoms with Crippen molar-refractivity contribution in [1.82, 2.24) is 20.1 Å². The van der Waals surface area contributed by atoms with E-state index in [1.165, 1.54) is 0 Å². The molecular weight excluding hydrogens is 276 g/mol. The van der Waals surface area contributed by atoms with Crippen LogP contribution in [-0.2, 0) is 11.2 Å². The van der Waals surface area contributed by atoms with Gasteiger partial charge in [-0.1, -0.05) is 0 Å². The normalized spacial score (nSPS) is 18.2. The largest absolute Gasteiger partial charge is 0.343 e. The highest BCUT2D eigenvalue weighted by Gasteiger charge is 2.22. The fourth-order valence-electron chi connectivity index (χ4n) is 2.95. The van der Waals surface area contributed by atoms with Gasteiger partial charge in [-0.15, -0.1) is 0 Å². The van der Waals surface area contributed by atoms with Crippen molar-refractivity contribution in [3.05, 3.63) is 42.4 Å². The Morgan fingerprint density at radius 2 is 2.23 bits per heavy atom. The van der Waals surface area contributed by atoms with Gasteiger partial charge < -0.3 is 4.90 Å². The van der Waals surface area contributed by atoms with Crippen LogP contribution in [0.1, 0.15) is 25.5 Å². The molecule has 3 rings (SSSR count). The maximum Gasteiger partial charge on any atom is 0.219 e. The van der Waals surface area contributed by atoms with Crippen molar-refractivity contribution in [2.45, 2.75) is 26.2 Å². The maximum absolute atomic E-state index is 11.5. The Kier molecular flexibility index (Phi) is 4.42. The Labute approximate surface area is 130 Å². The molecule has 0 bridgehead atoms. The molecule has 1 aliphatic heterocycles. The Hall–Kier alpha value is -2.30. The predicted octanol–water partition coefficient (Wildman–Crippen LogP) is 2.34. The molecule has 0 aromatic carbocycles. The van der Waals surface area contributed by atoms with Crippen molar-refractivity contribution in [2.24, 2.45) is 5.92 Å². The number of aromatic nitrogens is 3. The van der Waals surface area contributed by atoms with Crippen LogP contribution in [0.3, 0.4) is 0 Å². The molecular formula is C17H20N4O. The molecule has 114 valence electrons. The number of likely N-dealkylation sites (tertiary alicyclic amines) is 1. The van der Waals surface area contributed by atoms with Crippen molar-refractivity contribution in [3.63, 3.8) is 0 Å². The lowest BCUT2D eigenvalue weighted by Crippen LogP contribution is -2.39. The number of hydrogen-bond donors (Lipinski definition) is 0. The van der Waals surface area contributed by atoms with Gasteiger partial charge in [0.2, 0.25) is 5.91 Å². The molecule has 2 aromatic rings. The molecule has 1 saturated heterocycles. The van der Waals surface area contributed by atoms with Gasteiger partial charge in [0.25, 0.3) is 0 Å². The van der Waals surface area contributed by atoms with Gasteiger partial charge >= 0.3 is 0 Å². The fourth-order valence-corrected chi connectivity index (χ4v) is 2.95. The second kappa shape index (κ2) is 6.64. The van der Waals surface area contributed by atoms with E-state index in [9.17, 15) is 4.79 Å². The number of nitrogens with zero attached hydrogens (tertiary/aromatic N) is 4. The molecule has 22 heavy (non-hydrogen) atoms. The summed E-state index contributed by atoms with van der Waals surface area (Å²) in [6.45, 7) is 3.36. The predicted molar refractivity (Wildman–Crippen MR) is 83.9 cm³/mol. The monoisotopic (exact) mass is 296 g/mol. The van der Waals surface area contributed by atoms with E-state index < -0.39 is 0 Å². The molecule has 5 nitrogen and oxygen atoms in total. The minimum atomic E-state index is 0.169. The van der Waals surface area contributed by atoms with Gasteiger partial charge in [0.05, 0.1) is 11.4 Å². The summed E-state index contributed by atoms with van der Waals surface area (Å²) >= 11 is 0. The summed E-state index contributed by atoms with van der Waals surface area (Å²) in [6.07, 6.45) is 6.63. The third kappa shape index (κ3) is 3.47. The quantitative estimate of drug-likeness (QED) is 0.872. The summed E-state index contributed by atoms with van der Waals surface area (Å²) in [5.74, 6) is 0.652. The first kappa shape index (κ1) is 14.6. The molecule has 1 atom stereocenters. The molecule has 0 saturated carbocycles. The SMILES string of the molecule is CC(=O)N1CCC[C@H](Cc2ccc(-c3cccnc3)nn2)C1. The average molecular weight is 296 g/mol. The molecule has 0 unspecified atom stereocenters. The minimum absolute atomic E-state index is 0.169. The van der Waals surface area contributed by atoms with Crippen LogP contribution in [-0.4, -0.2) is 39.1 Å². The smallest absolute Gasteiger partial charge is 0.219 e. The van der Waals surface area contributed by atoms with Crippen LogP contribution in [0.4, 0.5) is 0 Å². The summed E-state index contributed by atoms with van der Waals surface area (Å²) in [5.41, 5.74) is 2.80. The number of rotatable bonds is 3. The molecule has 2 aromatic heterocycles. The van der Waals surface area contributed by atoms with Gasteiger partial charge in [-0.25, -0.2) is 0 Å². The van der Waals surface area contributed by atoms with Gasteiger partial charge in [-0.3, -0.25) is 9.78 Å². The average Bonchev–Trinajstić information content (AvgIpc) is 2.56. The Bertz CT molecular complexity index is 627. The Balaban J connectivity index is 1.65. The summed E-state index contributed by atoms with van der Waals surface area (Å²) < 4.78 is 0. The molecule has 0 aliphatic carbocycles. The molecule has 1 aliphatic rings. The number of amides is 1. The van der Waals surface area contributed by atoms with Crippen molar-refractivity contribution in [2.75, 3.05) is 13.1 Å². The van der Waals surface area contributed by atoms with Gasteiger partial charge in [-0.2, -0.15) is 10.2 Å². The highest BCUT2D eigenvalue weighted by Crippen LogP contribution is 2.21. The number of hydrogen-bond acceptors (Lipinski definition) is 4. The van der Waals surface area contributed by atoms with Gasteiger partial charge in [0.1, 0.15) is 0 Å². The van der Waals surface area contributed by atoms with Gasteiger partial charge in [0.15, 0.2) is 0 Å². The molecule has 1 fully saturated rings. The standard InChI is InChI=1S/C17H20N4O/c1-13(22)21-9-3-4-14(12-21)10-16-6-7-17(20-19-16)15-5-2-8-18-11-15/h2,5-8,11,14H,3-4,9-10,12H2,1H3/t14-/m1/s1. The van der Waals surface area contributed by atoms with E-state index in [1.54, 1.807) is 19.3 Å². The second-order valence-corrected chi connectivity index (χ2v) is 5.83. The van der Waals surface area contributed by atoms with E-state index in [1.807, 2.05) is 29.2 Å². The van der Waals surface area contributed by atoms with E-state index in [0.717, 1.165) is 49.3 Å². The first-order valence-electron chi connectivity index (χ1n) is 7.71. The molecule has 0 radical (unpaired) electrons. The van der Waals surface area contributed by atoms with Crippen LogP contribution in [0.2, 0.25) is 0 Å². The lowest BCUT2D eigenvalue weighted by atomic mass is 9.93. The van der Waals surface area contributed by atoms with Crippen LogP contribution >= 0.6 is 0 Å². The second-order valence-electron chi connectivity index (χ2n) is 5.83. The zero-order valence-corrected chi connectivity index (χ0v) is 12.8. The van der Waals surface area contributed by atoms with E-state index >= 15 is 0 Å². The zero-order chi connectivity index (χ0) is 15.4. The van der Waals surface area contributed by atoms with Crippen LogP contribution in [0.5, 0.6) is 0 Å². The van der Waals surface area contributed by atoms with Crippen LogP contribution in [0.25, 0.3) is 11.3 Å². The highest BCUT2D eigenvalue weighted by molar-refractivity contribution is 5.73. The maximum atomic E-state index is 11.5. The van der Waals surface area contributed by atoms with Gasteiger partial charge in [0, 0.05) is 38.0 Å². The molecule has 0 N–H and O–H groups in total. The third-order valence-corrected chi connectivity index (χ3v) is 4.14. The molecule has 1 amide bonds. The minimum Gasteiger partial charge on any atom is -0.343 e. The van der Waals surface area contributed by atoms with E-state index in [-0.39, 0.29) is 5.91 Å². The number of pyridine rings is 1. The van der Waals surface area contributed by atoms with Crippen molar-refractivity contribution in [3.8, 4) is 11.3 Å². The van der Waals surface area contributed by atoms with Crippen molar-refractivity contribution >= 4 is 5.91 Å². The fraction of sp³-hybridized carbons (Fsp3) is 0.412. The first-order valence-corrected chi connectivity index (χ1v) is 7.71. The van der Waals surface area contributed by atoms with Gasteiger partial charge in [-0.05, 0) is 49.4 Å². The van der Waals surface area contributed by atoms with E-state index in [0.29, 0.717) is 5.92 Å². The van der Waals surface area contributed by atoms with Crippen LogP contribution in [0, 0.1) is 5.92 Å². The number of carbonyl (C=O) groups excluding carboxylic acids is 1. The third-order valence-electron chi connectivity index (χ3n) is 4.14. The summed E-state index contributed by atoms with van der Waals surface area (Å²) in [7, 11) is 0. The zero-order valence-electron chi connectivity index (χ0n) is 12.8. The molecule has 0 spiro atoms. The van der Waals surface area contributed by atoms with Crippen molar-refractivity contribution < 1.29 is 4.79 Å². The van der Waals surface area contributed by atoms with E-state index in [2.05, 4.69) is 15.2 Å². The Morgan fingerprint density at radius 1 is 1.32 bits per heavy atom. The summed E-state index contributed by atoms with van der Waals surface area (Å²) in [5, 5.41) is 8.64. The topological polar surface area (TPSA) is 59.0 Å². The van der Waals surface area contributed by atoms with Crippen molar-refractivity contribution in [1.29, 1.82) is 0 Å². The highest BCUT2D eigenvalue weighted by atomic mass is 16.2. The lowest BCUT2D eigenvalue weighted by molar-refractivity contribution is -0.130. The van der Waals surface area contributed by atoms with Crippen LogP contribution < -0.4 is 0 Å². The lowest BCUT2D eigenvalue weighted by Gasteiger charge is -2.31. The van der Waals surface area contributed by atoms with E-state index in [4.69, 9.17) is 0 Å². The van der Waals surface area contributed by atoms with Crippen LogP contribution in [0.15, 0.2) is 36.7 Å².